The van der Waals surface area contributed by atoms with Crippen molar-refractivity contribution in [1.29, 1.82) is 0 Å². The lowest BCUT2D eigenvalue weighted by Crippen LogP contribution is -2.46. The summed E-state index contributed by atoms with van der Waals surface area (Å²) in [6.07, 6.45) is 1.74. The molecule has 0 spiro atoms. The molecule has 0 bridgehead atoms. The molecule has 1 N–H and O–H groups in total. The lowest BCUT2D eigenvalue weighted by atomic mass is 9.87. The van der Waals surface area contributed by atoms with Crippen LogP contribution >= 0.6 is 0 Å². The quantitative estimate of drug-likeness (QED) is 0.287. The summed E-state index contributed by atoms with van der Waals surface area (Å²) in [4.78, 5) is 38.4. The zero-order chi connectivity index (χ0) is 26.8. The molecule has 0 atom stereocenters. The Hall–Kier alpha value is -3.55. The molecule has 1 aliphatic rings. The van der Waals surface area contributed by atoms with E-state index in [1.165, 1.54) is 5.56 Å². The Balaban J connectivity index is 1.34. The van der Waals surface area contributed by atoms with Crippen LogP contribution in [0.25, 0.3) is 0 Å². The van der Waals surface area contributed by atoms with Gasteiger partial charge in [-0.3, -0.25) is 9.59 Å². The van der Waals surface area contributed by atoms with Gasteiger partial charge in [-0.15, -0.1) is 0 Å². The fraction of sp³-hybridized carbons (Fsp3) is 0.483. The molecule has 200 valence electrons. The van der Waals surface area contributed by atoms with Crippen molar-refractivity contribution in [1.82, 2.24) is 10.2 Å². The summed E-state index contributed by atoms with van der Waals surface area (Å²) in [5.41, 5.74) is 1.84. The maximum absolute atomic E-state index is 12.6. The van der Waals surface area contributed by atoms with Gasteiger partial charge in [0.25, 0.3) is 5.91 Å². The highest BCUT2D eigenvalue weighted by Gasteiger charge is 2.24. The van der Waals surface area contributed by atoms with Gasteiger partial charge in [0.15, 0.2) is 0 Å². The number of nitrogens with zero attached hydrogens (tertiary/aromatic N) is 1. The number of piperidine rings is 1. The van der Waals surface area contributed by atoms with Crippen LogP contribution in [0.2, 0.25) is 0 Å². The Morgan fingerprint density at radius 3 is 2.16 bits per heavy atom. The molecule has 8 heteroatoms. The molecular weight excluding hydrogens is 472 g/mol. The van der Waals surface area contributed by atoms with Crippen LogP contribution in [0.4, 0.5) is 4.79 Å². The number of amides is 2. The molecule has 8 nitrogen and oxygen atoms in total. The van der Waals surface area contributed by atoms with Crippen LogP contribution in [-0.4, -0.2) is 55.2 Å². The Morgan fingerprint density at radius 2 is 1.57 bits per heavy atom. The Bertz CT molecular complexity index is 1040. The van der Waals surface area contributed by atoms with Gasteiger partial charge in [0, 0.05) is 31.1 Å². The monoisotopic (exact) mass is 510 g/mol. The van der Waals surface area contributed by atoms with Crippen molar-refractivity contribution in [2.24, 2.45) is 0 Å². The van der Waals surface area contributed by atoms with Gasteiger partial charge in [-0.2, -0.15) is 0 Å². The van der Waals surface area contributed by atoms with Crippen LogP contribution in [0, 0.1) is 0 Å². The molecule has 1 fully saturated rings. The van der Waals surface area contributed by atoms with Crippen molar-refractivity contribution in [3.8, 4) is 11.5 Å². The maximum atomic E-state index is 12.6. The van der Waals surface area contributed by atoms with E-state index in [4.69, 9.17) is 14.2 Å². The highest BCUT2D eigenvalue weighted by Crippen LogP contribution is 2.24. The third-order valence-corrected chi connectivity index (χ3v) is 6.29. The molecule has 2 amide bonds. The van der Waals surface area contributed by atoms with Crippen molar-refractivity contribution >= 4 is 18.0 Å². The number of hydrogen-bond acceptors (Lipinski definition) is 6. The van der Waals surface area contributed by atoms with Crippen LogP contribution in [0.15, 0.2) is 48.5 Å². The second kappa shape index (κ2) is 13.1. The van der Waals surface area contributed by atoms with E-state index in [1.54, 1.807) is 31.2 Å². The fourth-order valence-corrected chi connectivity index (χ4v) is 4.08. The van der Waals surface area contributed by atoms with Crippen molar-refractivity contribution in [3.63, 3.8) is 0 Å². The predicted octanol–water partition coefficient (Wildman–Crippen LogP) is 5.10. The summed E-state index contributed by atoms with van der Waals surface area (Å²) >= 11 is 0. The summed E-state index contributed by atoms with van der Waals surface area (Å²) in [6, 6.07) is 14.4. The number of ether oxygens (including phenoxy) is 3. The minimum Gasteiger partial charge on any atom is -0.494 e. The van der Waals surface area contributed by atoms with Gasteiger partial charge >= 0.3 is 6.16 Å². The molecule has 2 aromatic rings. The molecular formula is C29H38N2O6. The van der Waals surface area contributed by atoms with E-state index >= 15 is 0 Å². The van der Waals surface area contributed by atoms with Crippen LogP contribution in [0.3, 0.4) is 0 Å². The van der Waals surface area contributed by atoms with Gasteiger partial charge in [0.05, 0.1) is 13.2 Å². The van der Waals surface area contributed by atoms with E-state index < -0.39 is 6.16 Å². The van der Waals surface area contributed by atoms with Gasteiger partial charge in [-0.1, -0.05) is 32.9 Å². The number of benzene rings is 2. The van der Waals surface area contributed by atoms with E-state index in [0.29, 0.717) is 56.7 Å². The van der Waals surface area contributed by atoms with Gasteiger partial charge in [0.1, 0.15) is 11.5 Å². The lowest BCUT2D eigenvalue weighted by Gasteiger charge is -2.32. The highest BCUT2D eigenvalue weighted by molar-refractivity contribution is 5.94. The summed E-state index contributed by atoms with van der Waals surface area (Å²) in [5, 5.41) is 3.03. The standard InChI is InChI=1S/C29H38N2O6/c1-5-35-28(34)37-25-12-8-21(9-13-25)27(33)30-23-16-18-31(19-17-23)26(32)7-6-20-36-24-14-10-22(11-15-24)29(2,3)4/h8-15,23H,5-7,16-20H2,1-4H3,(H,30,33). The zero-order valence-corrected chi connectivity index (χ0v) is 22.2. The van der Waals surface area contributed by atoms with Gasteiger partial charge in [0.2, 0.25) is 5.91 Å². The molecule has 0 saturated carbocycles. The smallest absolute Gasteiger partial charge is 0.494 e. The molecule has 0 unspecified atom stereocenters. The molecule has 1 heterocycles. The van der Waals surface area contributed by atoms with E-state index in [2.05, 4.69) is 38.2 Å². The van der Waals surface area contributed by atoms with Crippen molar-refractivity contribution in [2.75, 3.05) is 26.3 Å². The predicted molar refractivity (Wildman–Crippen MR) is 141 cm³/mol. The number of nitrogens with one attached hydrogen (secondary N) is 1. The van der Waals surface area contributed by atoms with Crippen molar-refractivity contribution < 1.29 is 28.6 Å². The van der Waals surface area contributed by atoms with E-state index in [9.17, 15) is 14.4 Å². The number of likely N-dealkylation sites (tertiary alicyclic amines) is 1. The zero-order valence-electron chi connectivity index (χ0n) is 22.2. The Kier molecular flexibility index (Phi) is 9.94. The molecule has 1 saturated heterocycles. The normalized spacial score (nSPS) is 14.1. The van der Waals surface area contributed by atoms with E-state index in [1.807, 2.05) is 17.0 Å². The molecule has 0 radical (unpaired) electrons. The van der Waals surface area contributed by atoms with Crippen LogP contribution in [0.5, 0.6) is 11.5 Å². The summed E-state index contributed by atoms with van der Waals surface area (Å²) in [7, 11) is 0. The van der Waals surface area contributed by atoms with Crippen LogP contribution in [0.1, 0.15) is 69.3 Å². The molecule has 0 aliphatic carbocycles. The van der Waals surface area contributed by atoms with Gasteiger partial charge < -0.3 is 24.4 Å². The topological polar surface area (TPSA) is 94.2 Å². The first-order valence-corrected chi connectivity index (χ1v) is 12.9. The third-order valence-electron chi connectivity index (χ3n) is 6.29. The third kappa shape index (κ3) is 8.81. The number of hydrogen-bond donors (Lipinski definition) is 1. The SMILES string of the molecule is CCOC(=O)Oc1ccc(C(=O)NC2CCN(C(=O)CCCOc3ccc(C(C)(C)C)cc3)CC2)cc1. The minimum atomic E-state index is -0.778. The first kappa shape index (κ1) is 28.0. The highest BCUT2D eigenvalue weighted by atomic mass is 16.7. The van der Waals surface area contributed by atoms with Crippen molar-refractivity contribution in [3.05, 3.63) is 59.7 Å². The second-order valence-electron chi connectivity index (χ2n) is 10.2. The summed E-state index contributed by atoms with van der Waals surface area (Å²) in [5.74, 6) is 1.05. The first-order chi connectivity index (χ1) is 17.7. The minimum absolute atomic E-state index is 0.00594. The molecule has 3 rings (SSSR count). The molecule has 1 aliphatic heterocycles. The summed E-state index contributed by atoms with van der Waals surface area (Å²) in [6.45, 7) is 10.2. The Labute approximate surface area is 219 Å². The number of carbonyl (C=O) groups excluding carboxylic acids is 3. The fourth-order valence-electron chi connectivity index (χ4n) is 4.08. The summed E-state index contributed by atoms with van der Waals surface area (Å²) < 4.78 is 15.5. The molecule has 0 aromatic heterocycles. The average Bonchev–Trinajstić information content (AvgIpc) is 2.87. The maximum Gasteiger partial charge on any atom is 0.513 e. The Morgan fingerprint density at radius 1 is 0.946 bits per heavy atom. The van der Waals surface area contributed by atoms with E-state index in [0.717, 1.165) is 5.75 Å². The second-order valence-corrected chi connectivity index (χ2v) is 10.2. The lowest BCUT2D eigenvalue weighted by molar-refractivity contribution is -0.132. The van der Waals surface area contributed by atoms with E-state index in [-0.39, 0.29) is 29.9 Å². The van der Waals surface area contributed by atoms with Crippen LogP contribution in [-0.2, 0) is 14.9 Å². The average molecular weight is 511 g/mol. The van der Waals surface area contributed by atoms with Crippen LogP contribution < -0.4 is 14.8 Å². The van der Waals surface area contributed by atoms with Gasteiger partial charge in [-0.25, -0.2) is 4.79 Å². The number of rotatable bonds is 9. The van der Waals surface area contributed by atoms with Gasteiger partial charge in [-0.05, 0) is 73.6 Å². The first-order valence-electron chi connectivity index (χ1n) is 12.9. The van der Waals surface area contributed by atoms with Crippen molar-refractivity contribution in [2.45, 2.75) is 64.8 Å². The number of carbonyl (C=O) groups is 3. The molecule has 2 aromatic carbocycles. The largest absolute Gasteiger partial charge is 0.513 e. The molecule has 37 heavy (non-hydrogen) atoms.